The minimum Gasteiger partial charge on any atom is -0.330 e. The first-order chi connectivity index (χ1) is 9.74. The van der Waals surface area contributed by atoms with Crippen LogP contribution >= 0.6 is 11.6 Å². The number of hydrogen-bond donors (Lipinski definition) is 1. The lowest BCUT2D eigenvalue weighted by molar-refractivity contribution is -0.118. The topological polar surface area (TPSA) is 43.1 Å². The van der Waals surface area contributed by atoms with Crippen LogP contribution < -0.4 is 5.73 Å². The van der Waals surface area contributed by atoms with Crippen LogP contribution in [0.4, 0.5) is 4.39 Å². The van der Waals surface area contributed by atoms with Gasteiger partial charge in [-0.15, -0.1) is 0 Å². The summed E-state index contributed by atoms with van der Waals surface area (Å²) in [6.45, 7) is 7.16. The number of rotatable bonds is 7. The van der Waals surface area contributed by atoms with Crippen LogP contribution in [0.2, 0.25) is 5.02 Å². The summed E-state index contributed by atoms with van der Waals surface area (Å²) in [6, 6.07) is 4.16. The highest BCUT2D eigenvalue weighted by atomic mass is 35.5. The predicted molar refractivity (Wildman–Crippen MR) is 86.0 cm³/mol. The van der Waals surface area contributed by atoms with Crippen molar-refractivity contribution in [3.05, 3.63) is 34.6 Å². The van der Waals surface area contributed by atoms with Crippen molar-refractivity contribution >= 4 is 17.4 Å². The molecule has 2 nitrogen and oxygen atoms in total. The molecule has 4 heteroatoms. The molecule has 2 N–H and O–H groups in total. The van der Waals surface area contributed by atoms with Crippen molar-refractivity contribution in [1.82, 2.24) is 0 Å². The van der Waals surface area contributed by atoms with Crippen molar-refractivity contribution in [2.75, 3.05) is 6.54 Å². The number of ketones is 1. The Morgan fingerprint density at radius 1 is 1.33 bits per heavy atom. The summed E-state index contributed by atoms with van der Waals surface area (Å²) < 4.78 is 13.0. The summed E-state index contributed by atoms with van der Waals surface area (Å²) in [5.41, 5.74) is 6.49. The predicted octanol–water partition coefficient (Wildman–Crippen LogP) is 4.38. The second kappa shape index (κ2) is 7.90. The van der Waals surface area contributed by atoms with E-state index in [4.69, 9.17) is 17.3 Å². The maximum absolute atomic E-state index is 13.0. The quantitative estimate of drug-likeness (QED) is 0.811. The van der Waals surface area contributed by atoms with Crippen molar-refractivity contribution < 1.29 is 9.18 Å². The second-order valence-electron chi connectivity index (χ2n) is 6.63. The molecule has 0 saturated carbocycles. The smallest absolute Gasteiger partial charge is 0.137 e. The van der Waals surface area contributed by atoms with Gasteiger partial charge in [-0.1, -0.05) is 38.4 Å². The Hall–Kier alpha value is -0.930. The van der Waals surface area contributed by atoms with Gasteiger partial charge in [-0.2, -0.15) is 0 Å². The van der Waals surface area contributed by atoms with Gasteiger partial charge in [0.05, 0.1) is 0 Å². The van der Waals surface area contributed by atoms with Crippen molar-refractivity contribution in [2.45, 2.75) is 46.5 Å². The highest BCUT2D eigenvalue weighted by Gasteiger charge is 2.24. The molecular weight excluding hydrogens is 289 g/mol. The first-order valence-corrected chi connectivity index (χ1v) is 7.77. The van der Waals surface area contributed by atoms with Crippen molar-refractivity contribution in [1.29, 1.82) is 0 Å². The zero-order valence-electron chi connectivity index (χ0n) is 13.1. The Morgan fingerprint density at radius 2 is 2.00 bits per heavy atom. The summed E-state index contributed by atoms with van der Waals surface area (Å²) in [5, 5.41) is 0.317. The Bertz CT molecular complexity index is 482. The number of carbonyl (C=O) groups is 1. The standard InChI is InChI=1S/C17H25ClFNO/c1-17(2,3)13(8-9-20)5-7-15(21)10-12-4-6-14(19)11-16(12)18/h4,6,11,13H,5,7-10,20H2,1-3H3. The van der Waals surface area contributed by atoms with Crippen LogP contribution in [0.25, 0.3) is 0 Å². The molecule has 0 aliphatic carbocycles. The van der Waals surface area contributed by atoms with Crippen LogP contribution in [0.3, 0.4) is 0 Å². The van der Waals surface area contributed by atoms with Gasteiger partial charge in [-0.25, -0.2) is 4.39 Å². The average Bonchev–Trinajstić information content (AvgIpc) is 2.36. The Balaban J connectivity index is 2.57. The van der Waals surface area contributed by atoms with E-state index in [0.717, 1.165) is 12.8 Å². The summed E-state index contributed by atoms with van der Waals surface area (Å²) in [6.07, 6.45) is 2.53. The number of nitrogens with two attached hydrogens (primary N) is 1. The molecule has 0 fully saturated rings. The fourth-order valence-electron chi connectivity index (χ4n) is 2.51. The van der Waals surface area contributed by atoms with E-state index in [9.17, 15) is 9.18 Å². The molecule has 1 unspecified atom stereocenters. The molecule has 0 aliphatic rings. The molecule has 1 atom stereocenters. The van der Waals surface area contributed by atoms with Crippen molar-refractivity contribution in [3.8, 4) is 0 Å². The Labute approximate surface area is 131 Å². The van der Waals surface area contributed by atoms with E-state index in [1.807, 2.05) is 0 Å². The van der Waals surface area contributed by atoms with Gasteiger partial charge in [0, 0.05) is 17.9 Å². The molecule has 1 aromatic carbocycles. The zero-order valence-corrected chi connectivity index (χ0v) is 13.8. The number of hydrogen-bond acceptors (Lipinski definition) is 2. The van der Waals surface area contributed by atoms with E-state index in [0.29, 0.717) is 29.5 Å². The molecule has 118 valence electrons. The highest BCUT2D eigenvalue weighted by molar-refractivity contribution is 6.31. The highest BCUT2D eigenvalue weighted by Crippen LogP contribution is 2.32. The van der Waals surface area contributed by atoms with Crippen LogP contribution in [-0.2, 0) is 11.2 Å². The maximum atomic E-state index is 13.0. The molecule has 0 aromatic heterocycles. The van der Waals surface area contributed by atoms with E-state index in [1.54, 1.807) is 6.07 Å². The number of halogens is 2. The largest absolute Gasteiger partial charge is 0.330 e. The molecule has 0 amide bonds. The summed E-state index contributed by atoms with van der Waals surface area (Å²) in [5.74, 6) is 0.178. The second-order valence-corrected chi connectivity index (χ2v) is 7.04. The summed E-state index contributed by atoms with van der Waals surface area (Å²) in [7, 11) is 0. The van der Waals surface area contributed by atoms with Gasteiger partial charge in [0.15, 0.2) is 0 Å². The van der Waals surface area contributed by atoms with Crippen molar-refractivity contribution in [2.24, 2.45) is 17.1 Å². The minimum atomic E-state index is -0.382. The lowest BCUT2D eigenvalue weighted by atomic mass is 9.76. The molecule has 0 heterocycles. The van der Waals surface area contributed by atoms with E-state index >= 15 is 0 Å². The normalized spacial score (nSPS) is 13.2. The number of carbonyl (C=O) groups excluding carboxylic acids is 1. The Morgan fingerprint density at radius 3 is 2.52 bits per heavy atom. The molecule has 0 saturated heterocycles. The fourth-order valence-corrected chi connectivity index (χ4v) is 2.75. The number of Topliss-reactive ketones (excluding diaryl/α,β-unsaturated/α-hetero) is 1. The fraction of sp³-hybridized carbons (Fsp3) is 0.588. The summed E-state index contributed by atoms with van der Waals surface area (Å²) >= 11 is 5.95. The third-order valence-corrected chi connectivity index (χ3v) is 4.27. The molecule has 0 bridgehead atoms. The van der Waals surface area contributed by atoms with Crippen LogP contribution in [0.1, 0.15) is 45.6 Å². The zero-order chi connectivity index (χ0) is 16.0. The molecule has 0 aliphatic heterocycles. The third-order valence-electron chi connectivity index (χ3n) is 3.91. The van der Waals surface area contributed by atoms with Crippen LogP contribution in [0, 0.1) is 17.2 Å². The van der Waals surface area contributed by atoms with E-state index < -0.39 is 0 Å². The first kappa shape index (κ1) is 18.1. The van der Waals surface area contributed by atoms with Gasteiger partial charge >= 0.3 is 0 Å². The Kier molecular flexibility index (Phi) is 6.82. The average molecular weight is 314 g/mol. The van der Waals surface area contributed by atoms with E-state index in [2.05, 4.69) is 20.8 Å². The molecule has 0 radical (unpaired) electrons. The lowest BCUT2D eigenvalue weighted by Crippen LogP contribution is -2.24. The molecule has 1 aromatic rings. The number of benzene rings is 1. The van der Waals surface area contributed by atoms with Gasteiger partial charge in [0.25, 0.3) is 0 Å². The van der Waals surface area contributed by atoms with Gasteiger partial charge < -0.3 is 5.73 Å². The van der Waals surface area contributed by atoms with Crippen molar-refractivity contribution in [3.63, 3.8) is 0 Å². The lowest BCUT2D eigenvalue weighted by Gasteiger charge is -2.30. The maximum Gasteiger partial charge on any atom is 0.137 e. The SMILES string of the molecule is CC(C)(C)C(CCN)CCC(=O)Cc1ccc(F)cc1Cl. The summed E-state index contributed by atoms with van der Waals surface area (Å²) in [4.78, 5) is 12.1. The van der Waals surface area contributed by atoms with Gasteiger partial charge in [0.2, 0.25) is 0 Å². The molecule has 0 spiro atoms. The van der Waals surface area contributed by atoms with Crippen LogP contribution in [0.5, 0.6) is 0 Å². The molecule has 21 heavy (non-hydrogen) atoms. The first-order valence-electron chi connectivity index (χ1n) is 7.39. The van der Waals surface area contributed by atoms with E-state index in [-0.39, 0.29) is 23.4 Å². The molecular formula is C17H25ClFNO. The van der Waals surface area contributed by atoms with Gasteiger partial charge in [-0.3, -0.25) is 4.79 Å². The molecule has 1 rings (SSSR count). The van der Waals surface area contributed by atoms with Crippen LogP contribution in [-0.4, -0.2) is 12.3 Å². The van der Waals surface area contributed by atoms with Crippen LogP contribution in [0.15, 0.2) is 18.2 Å². The van der Waals surface area contributed by atoms with Gasteiger partial charge in [0.1, 0.15) is 11.6 Å². The van der Waals surface area contributed by atoms with Gasteiger partial charge in [-0.05, 0) is 48.4 Å². The van der Waals surface area contributed by atoms with E-state index in [1.165, 1.54) is 12.1 Å². The third kappa shape index (κ3) is 6.15. The minimum absolute atomic E-state index is 0.134. The monoisotopic (exact) mass is 313 g/mol.